The monoisotopic (exact) mass is 248 g/mol. The average Bonchev–Trinajstić information content (AvgIpc) is 2.76. The third kappa shape index (κ3) is 2.48. The van der Waals surface area contributed by atoms with Crippen LogP contribution in [0, 0.1) is 10.1 Å². The van der Waals surface area contributed by atoms with Gasteiger partial charge in [-0.15, -0.1) is 0 Å². The van der Waals surface area contributed by atoms with Crippen molar-refractivity contribution in [3.63, 3.8) is 0 Å². The van der Waals surface area contributed by atoms with Crippen LogP contribution in [0.5, 0.6) is 0 Å². The van der Waals surface area contributed by atoms with Crippen LogP contribution in [0.2, 0.25) is 0 Å². The molecule has 0 atom stereocenters. The van der Waals surface area contributed by atoms with E-state index in [0.29, 0.717) is 5.52 Å². The van der Waals surface area contributed by atoms with Gasteiger partial charge in [-0.25, -0.2) is 4.98 Å². The lowest BCUT2D eigenvalue weighted by Gasteiger charge is -2.15. The van der Waals surface area contributed by atoms with E-state index in [1.54, 1.807) is 6.07 Å². The van der Waals surface area contributed by atoms with E-state index >= 15 is 0 Å². The second-order valence-corrected chi connectivity index (χ2v) is 4.10. The van der Waals surface area contributed by atoms with Gasteiger partial charge < -0.3 is 4.98 Å². The molecule has 0 fully saturated rings. The van der Waals surface area contributed by atoms with Crippen LogP contribution < -0.4 is 0 Å². The maximum atomic E-state index is 10.7. The Kier molecular flexibility index (Phi) is 3.57. The number of benzene rings is 1. The molecule has 0 saturated carbocycles. The standard InChI is InChI=1S/C12H16N4O2/c1-3-15(4-2)8-12-13-10-6-5-9(16(17)18)7-11(10)14-12/h5-7H,3-4,8H2,1-2H3,(H,13,14). The molecule has 6 nitrogen and oxygen atoms in total. The third-order valence-corrected chi connectivity index (χ3v) is 2.99. The van der Waals surface area contributed by atoms with Crippen LogP contribution in [0.3, 0.4) is 0 Å². The number of H-pyrrole nitrogens is 1. The van der Waals surface area contributed by atoms with Crippen molar-refractivity contribution in [2.24, 2.45) is 0 Å². The summed E-state index contributed by atoms with van der Waals surface area (Å²) in [7, 11) is 0. The van der Waals surface area contributed by atoms with Crippen molar-refractivity contribution in [3.05, 3.63) is 34.1 Å². The van der Waals surface area contributed by atoms with Gasteiger partial charge in [-0.3, -0.25) is 15.0 Å². The van der Waals surface area contributed by atoms with Crippen molar-refractivity contribution in [1.29, 1.82) is 0 Å². The number of fused-ring (bicyclic) bond motifs is 1. The summed E-state index contributed by atoms with van der Waals surface area (Å²) in [6, 6.07) is 4.67. The molecule has 0 spiro atoms. The number of nitrogens with one attached hydrogen (secondary N) is 1. The van der Waals surface area contributed by atoms with Gasteiger partial charge in [-0.1, -0.05) is 13.8 Å². The van der Waals surface area contributed by atoms with Gasteiger partial charge >= 0.3 is 0 Å². The zero-order valence-corrected chi connectivity index (χ0v) is 10.5. The Morgan fingerprint density at radius 1 is 1.39 bits per heavy atom. The molecule has 1 aromatic heterocycles. The molecule has 0 bridgehead atoms. The third-order valence-electron chi connectivity index (χ3n) is 2.99. The Morgan fingerprint density at radius 3 is 2.72 bits per heavy atom. The van der Waals surface area contributed by atoms with Gasteiger partial charge in [0.2, 0.25) is 0 Å². The Labute approximate surface area is 105 Å². The van der Waals surface area contributed by atoms with Crippen LogP contribution in [0.1, 0.15) is 19.7 Å². The largest absolute Gasteiger partial charge is 0.341 e. The molecule has 2 rings (SSSR count). The Bertz CT molecular complexity index is 560. The van der Waals surface area contributed by atoms with Crippen LogP contribution in [0.4, 0.5) is 5.69 Å². The molecule has 18 heavy (non-hydrogen) atoms. The first-order valence-corrected chi connectivity index (χ1v) is 5.99. The highest BCUT2D eigenvalue weighted by Crippen LogP contribution is 2.19. The predicted molar refractivity (Wildman–Crippen MR) is 69.4 cm³/mol. The van der Waals surface area contributed by atoms with Crippen molar-refractivity contribution in [1.82, 2.24) is 14.9 Å². The summed E-state index contributed by atoms with van der Waals surface area (Å²) in [5.74, 6) is 0.842. The summed E-state index contributed by atoms with van der Waals surface area (Å²) in [4.78, 5) is 20.1. The second kappa shape index (κ2) is 5.14. The smallest absolute Gasteiger partial charge is 0.271 e. The lowest BCUT2D eigenvalue weighted by molar-refractivity contribution is -0.384. The first-order valence-electron chi connectivity index (χ1n) is 5.99. The number of nitro groups is 1. The maximum absolute atomic E-state index is 10.7. The Balaban J connectivity index is 2.29. The van der Waals surface area contributed by atoms with E-state index in [1.165, 1.54) is 12.1 Å². The van der Waals surface area contributed by atoms with Gasteiger partial charge in [-0.05, 0) is 19.2 Å². The van der Waals surface area contributed by atoms with E-state index in [4.69, 9.17) is 0 Å². The molecule has 6 heteroatoms. The number of nitrogens with zero attached hydrogens (tertiary/aromatic N) is 3. The van der Waals surface area contributed by atoms with Gasteiger partial charge in [0.1, 0.15) is 5.82 Å². The minimum absolute atomic E-state index is 0.0838. The van der Waals surface area contributed by atoms with Gasteiger partial charge in [0.15, 0.2) is 0 Å². The van der Waals surface area contributed by atoms with Gasteiger partial charge in [0, 0.05) is 12.1 Å². The van der Waals surface area contributed by atoms with E-state index in [9.17, 15) is 10.1 Å². The molecular weight excluding hydrogens is 232 g/mol. The first-order chi connectivity index (χ1) is 8.63. The van der Waals surface area contributed by atoms with E-state index in [1.807, 2.05) is 0 Å². The molecule has 2 aromatic rings. The summed E-state index contributed by atoms with van der Waals surface area (Å²) in [5, 5.41) is 10.7. The molecule has 0 aliphatic heterocycles. The molecule has 0 radical (unpaired) electrons. The molecule has 96 valence electrons. The summed E-state index contributed by atoms with van der Waals surface area (Å²) in [6.45, 7) is 6.82. The van der Waals surface area contributed by atoms with E-state index < -0.39 is 4.92 Å². The quantitative estimate of drug-likeness (QED) is 0.650. The summed E-state index contributed by atoms with van der Waals surface area (Å²) in [6.07, 6.45) is 0. The summed E-state index contributed by atoms with van der Waals surface area (Å²) in [5.41, 5.74) is 1.56. The lowest BCUT2D eigenvalue weighted by Crippen LogP contribution is -2.22. The highest BCUT2D eigenvalue weighted by molar-refractivity contribution is 5.77. The summed E-state index contributed by atoms with van der Waals surface area (Å²) >= 11 is 0. The van der Waals surface area contributed by atoms with E-state index in [-0.39, 0.29) is 5.69 Å². The SMILES string of the molecule is CCN(CC)Cc1nc2ccc([N+](=O)[O-])cc2[nH]1. The summed E-state index contributed by atoms with van der Waals surface area (Å²) < 4.78 is 0. The number of imidazole rings is 1. The Morgan fingerprint density at radius 2 is 2.11 bits per heavy atom. The van der Waals surface area contributed by atoms with Gasteiger partial charge in [0.05, 0.1) is 22.5 Å². The van der Waals surface area contributed by atoms with Crippen LogP contribution >= 0.6 is 0 Å². The van der Waals surface area contributed by atoms with Crippen LogP contribution in [0.15, 0.2) is 18.2 Å². The maximum Gasteiger partial charge on any atom is 0.271 e. The normalized spacial score (nSPS) is 11.3. The molecule has 0 aliphatic carbocycles. The van der Waals surface area contributed by atoms with Crippen LogP contribution in [-0.2, 0) is 6.54 Å². The van der Waals surface area contributed by atoms with E-state index in [0.717, 1.165) is 31.0 Å². The topological polar surface area (TPSA) is 75.1 Å². The first kappa shape index (κ1) is 12.5. The van der Waals surface area contributed by atoms with Crippen molar-refractivity contribution in [2.45, 2.75) is 20.4 Å². The highest BCUT2D eigenvalue weighted by Gasteiger charge is 2.10. The average molecular weight is 248 g/mol. The molecule has 0 aliphatic rings. The van der Waals surface area contributed by atoms with Crippen molar-refractivity contribution < 1.29 is 4.92 Å². The molecular formula is C12H16N4O2. The second-order valence-electron chi connectivity index (χ2n) is 4.10. The highest BCUT2D eigenvalue weighted by atomic mass is 16.6. The fourth-order valence-electron chi connectivity index (χ4n) is 1.90. The van der Waals surface area contributed by atoms with Crippen molar-refractivity contribution in [2.75, 3.05) is 13.1 Å². The number of aromatic nitrogens is 2. The van der Waals surface area contributed by atoms with Crippen LogP contribution in [0.25, 0.3) is 11.0 Å². The zero-order valence-electron chi connectivity index (χ0n) is 10.5. The van der Waals surface area contributed by atoms with Crippen molar-refractivity contribution >= 4 is 16.7 Å². The van der Waals surface area contributed by atoms with Crippen molar-refractivity contribution in [3.8, 4) is 0 Å². The lowest BCUT2D eigenvalue weighted by atomic mass is 10.3. The zero-order chi connectivity index (χ0) is 13.1. The number of non-ortho nitro benzene ring substituents is 1. The molecule has 0 unspecified atom stereocenters. The number of hydrogen-bond donors (Lipinski definition) is 1. The number of nitro benzene ring substituents is 1. The molecule has 1 aromatic carbocycles. The molecule has 1 N–H and O–H groups in total. The molecule has 0 amide bonds. The minimum atomic E-state index is -0.398. The Hall–Kier alpha value is -1.95. The van der Waals surface area contributed by atoms with E-state index in [2.05, 4.69) is 28.7 Å². The fraction of sp³-hybridized carbons (Fsp3) is 0.417. The predicted octanol–water partition coefficient (Wildman–Crippen LogP) is 2.31. The van der Waals surface area contributed by atoms with Gasteiger partial charge in [-0.2, -0.15) is 0 Å². The van der Waals surface area contributed by atoms with Gasteiger partial charge in [0.25, 0.3) is 5.69 Å². The number of aromatic amines is 1. The molecule has 1 heterocycles. The fourth-order valence-corrected chi connectivity index (χ4v) is 1.90. The molecule has 0 saturated heterocycles. The minimum Gasteiger partial charge on any atom is -0.341 e. The number of rotatable bonds is 5. The number of hydrogen-bond acceptors (Lipinski definition) is 4. The van der Waals surface area contributed by atoms with Crippen LogP contribution in [-0.4, -0.2) is 32.9 Å².